The van der Waals surface area contributed by atoms with E-state index in [1.54, 1.807) is 23.7 Å². The van der Waals surface area contributed by atoms with Crippen molar-refractivity contribution in [3.05, 3.63) is 46.4 Å². The van der Waals surface area contributed by atoms with Gasteiger partial charge in [0.2, 0.25) is 0 Å². The molecule has 2 aromatic rings. The van der Waals surface area contributed by atoms with Gasteiger partial charge >= 0.3 is 5.97 Å². The Balaban J connectivity index is 2.25. The second kappa shape index (κ2) is 6.72. The SMILES string of the molecule is COc1cccc(C=CC(=O)O)c1OCc1cscn1. The van der Waals surface area contributed by atoms with Gasteiger partial charge in [-0.25, -0.2) is 9.78 Å². The fourth-order valence-electron chi connectivity index (χ4n) is 1.60. The molecule has 1 heterocycles. The lowest BCUT2D eigenvalue weighted by Crippen LogP contribution is -2.00. The summed E-state index contributed by atoms with van der Waals surface area (Å²) in [6, 6.07) is 5.29. The summed E-state index contributed by atoms with van der Waals surface area (Å²) in [7, 11) is 1.54. The highest BCUT2D eigenvalue weighted by molar-refractivity contribution is 7.07. The van der Waals surface area contributed by atoms with Crippen LogP contribution in [-0.4, -0.2) is 23.2 Å². The number of benzene rings is 1. The number of carbonyl (C=O) groups is 1. The first-order valence-corrected chi connectivity index (χ1v) is 6.73. The summed E-state index contributed by atoms with van der Waals surface area (Å²) >= 11 is 1.49. The second-order valence-electron chi connectivity index (χ2n) is 3.82. The number of ether oxygens (including phenoxy) is 2. The molecule has 0 fully saturated rings. The van der Waals surface area contributed by atoms with Crippen LogP contribution in [0.2, 0.25) is 0 Å². The minimum Gasteiger partial charge on any atom is -0.493 e. The molecule has 0 spiro atoms. The molecular weight excluding hydrogens is 278 g/mol. The van der Waals surface area contributed by atoms with Crippen molar-refractivity contribution in [3.8, 4) is 11.5 Å². The summed E-state index contributed by atoms with van der Waals surface area (Å²) < 4.78 is 10.9. The molecule has 0 saturated carbocycles. The van der Waals surface area contributed by atoms with Gasteiger partial charge in [-0.3, -0.25) is 0 Å². The minimum atomic E-state index is -1.02. The maximum absolute atomic E-state index is 10.6. The van der Waals surface area contributed by atoms with Gasteiger partial charge in [-0.2, -0.15) is 0 Å². The van der Waals surface area contributed by atoms with Crippen LogP contribution in [0.1, 0.15) is 11.3 Å². The fraction of sp³-hybridized carbons (Fsp3) is 0.143. The molecule has 0 amide bonds. The molecular formula is C14H13NO4S. The Morgan fingerprint density at radius 2 is 2.35 bits per heavy atom. The maximum atomic E-state index is 10.6. The summed E-state index contributed by atoms with van der Waals surface area (Å²) in [5.41, 5.74) is 3.18. The van der Waals surface area contributed by atoms with E-state index >= 15 is 0 Å². The standard InChI is InChI=1S/C14H13NO4S/c1-18-12-4-2-3-10(5-6-13(16)17)14(12)19-7-11-8-20-9-15-11/h2-6,8-9H,7H2,1H3,(H,16,17). The molecule has 0 aliphatic rings. The van der Waals surface area contributed by atoms with Gasteiger partial charge in [0.25, 0.3) is 0 Å². The second-order valence-corrected chi connectivity index (χ2v) is 4.54. The van der Waals surface area contributed by atoms with Crippen LogP contribution in [-0.2, 0) is 11.4 Å². The molecule has 1 aromatic heterocycles. The molecule has 0 aliphatic carbocycles. The van der Waals surface area contributed by atoms with Gasteiger partial charge in [0.15, 0.2) is 11.5 Å². The van der Waals surface area contributed by atoms with Crippen LogP contribution in [0.4, 0.5) is 0 Å². The number of hydrogen-bond donors (Lipinski definition) is 1. The van der Waals surface area contributed by atoms with E-state index in [2.05, 4.69) is 4.98 Å². The highest BCUT2D eigenvalue weighted by Crippen LogP contribution is 2.32. The molecule has 0 unspecified atom stereocenters. The number of thiazole rings is 1. The summed E-state index contributed by atoms with van der Waals surface area (Å²) in [5, 5.41) is 10.6. The van der Waals surface area contributed by atoms with E-state index in [1.807, 2.05) is 5.38 Å². The number of hydrogen-bond acceptors (Lipinski definition) is 5. The molecule has 0 atom stereocenters. The molecule has 0 aliphatic heterocycles. The summed E-state index contributed by atoms with van der Waals surface area (Å²) in [4.78, 5) is 14.7. The number of aliphatic carboxylic acids is 1. The van der Waals surface area contributed by atoms with E-state index in [0.717, 1.165) is 11.8 Å². The molecule has 0 saturated heterocycles. The highest BCUT2D eigenvalue weighted by Gasteiger charge is 2.09. The highest BCUT2D eigenvalue weighted by atomic mass is 32.1. The molecule has 20 heavy (non-hydrogen) atoms. The summed E-state index contributed by atoms with van der Waals surface area (Å²) in [6.07, 6.45) is 2.53. The van der Waals surface area contributed by atoms with E-state index in [9.17, 15) is 4.79 Å². The molecule has 1 aromatic carbocycles. The van der Waals surface area contributed by atoms with Crippen molar-refractivity contribution in [1.29, 1.82) is 0 Å². The van der Waals surface area contributed by atoms with Crippen molar-refractivity contribution in [1.82, 2.24) is 4.98 Å². The number of carboxylic acid groups (broad SMARTS) is 1. The number of nitrogens with zero attached hydrogens (tertiary/aromatic N) is 1. The molecule has 5 nitrogen and oxygen atoms in total. The molecule has 0 radical (unpaired) electrons. The number of para-hydroxylation sites is 1. The van der Waals surface area contributed by atoms with Crippen molar-refractivity contribution in [2.45, 2.75) is 6.61 Å². The molecule has 6 heteroatoms. The Hall–Kier alpha value is -2.34. The molecule has 0 bridgehead atoms. The van der Waals surface area contributed by atoms with E-state index in [-0.39, 0.29) is 0 Å². The van der Waals surface area contributed by atoms with Crippen LogP contribution >= 0.6 is 11.3 Å². The zero-order valence-electron chi connectivity index (χ0n) is 10.8. The van der Waals surface area contributed by atoms with Crippen LogP contribution in [0.15, 0.2) is 35.2 Å². The van der Waals surface area contributed by atoms with Gasteiger partial charge in [-0.1, -0.05) is 12.1 Å². The van der Waals surface area contributed by atoms with Crippen molar-refractivity contribution >= 4 is 23.4 Å². The number of aromatic nitrogens is 1. The normalized spacial score (nSPS) is 10.7. The fourth-order valence-corrected chi connectivity index (χ4v) is 2.14. The van der Waals surface area contributed by atoms with Crippen molar-refractivity contribution in [3.63, 3.8) is 0 Å². The largest absolute Gasteiger partial charge is 0.493 e. The Morgan fingerprint density at radius 1 is 1.50 bits per heavy atom. The van der Waals surface area contributed by atoms with Crippen LogP contribution in [0.25, 0.3) is 6.08 Å². The maximum Gasteiger partial charge on any atom is 0.328 e. The van der Waals surface area contributed by atoms with Crippen LogP contribution in [0.5, 0.6) is 11.5 Å². The van der Waals surface area contributed by atoms with Crippen molar-refractivity contribution < 1.29 is 19.4 Å². The first-order chi connectivity index (χ1) is 9.70. The lowest BCUT2D eigenvalue weighted by atomic mass is 10.1. The molecule has 1 N–H and O–H groups in total. The predicted octanol–water partition coefficient (Wildman–Crippen LogP) is 2.83. The summed E-state index contributed by atoms with van der Waals surface area (Å²) in [6.45, 7) is 0.303. The van der Waals surface area contributed by atoms with Gasteiger partial charge in [0.05, 0.1) is 18.3 Å². The van der Waals surface area contributed by atoms with Crippen LogP contribution in [0, 0.1) is 0 Å². The van der Waals surface area contributed by atoms with Crippen molar-refractivity contribution in [2.75, 3.05) is 7.11 Å². The van der Waals surface area contributed by atoms with Gasteiger partial charge in [-0.05, 0) is 12.1 Å². The van der Waals surface area contributed by atoms with E-state index in [4.69, 9.17) is 14.6 Å². The predicted molar refractivity (Wildman–Crippen MR) is 76.1 cm³/mol. The zero-order valence-corrected chi connectivity index (χ0v) is 11.6. The zero-order chi connectivity index (χ0) is 14.4. The quantitative estimate of drug-likeness (QED) is 0.829. The Morgan fingerprint density at radius 3 is 3.00 bits per heavy atom. The Bertz CT molecular complexity index is 608. The lowest BCUT2D eigenvalue weighted by Gasteiger charge is -2.12. The number of rotatable bonds is 6. The third-order valence-corrected chi connectivity index (χ3v) is 3.12. The van der Waals surface area contributed by atoms with E-state index in [1.165, 1.54) is 24.5 Å². The third kappa shape index (κ3) is 3.58. The van der Waals surface area contributed by atoms with E-state index in [0.29, 0.717) is 23.7 Å². The van der Waals surface area contributed by atoms with Gasteiger partial charge < -0.3 is 14.6 Å². The topological polar surface area (TPSA) is 68.7 Å². The molecule has 104 valence electrons. The average molecular weight is 291 g/mol. The average Bonchev–Trinajstić information content (AvgIpc) is 2.96. The third-order valence-electron chi connectivity index (χ3n) is 2.48. The molecule has 2 rings (SSSR count). The first kappa shape index (κ1) is 14.1. The van der Waals surface area contributed by atoms with Crippen LogP contribution < -0.4 is 9.47 Å². The monoisotopic (exact) mass is 291 g/mol. The van der Waals surface area contributed by atoms with Gasteiger partial charge in [0, 0.05) is 17.0 Å². The van der Waals surface area contributed by atoms with E-state index < -0.39 is 5.97 Å². The van der Waals surface area contributed by atoms with Gasteiger partial charge in [-0.15, -0.1) is 11.3 Å². The van der Waals surface area contributed by atoms with Crippen molar-refractivity contribution in [2.24, 2.45) is 0 Å². The number of carboxylic acids is 1. The first-order valence-electron chi connectivity index (χ1n) is 5.78. The summed E-state index contributed by atoms with van der Waals surface area (Å²) in [5.74, 6) is 0.0338. The smallest absolute Gasteiger partial charge is 0.328 e. The Labute approximate surface area is 120 Å². The Kier molecular flexibility index (Phi) is 4.73. The number of methoxy groups -OCH3 is 1. The van der Waals surface area contributed by atoms with Gasteiger partial charge in [0.1, 0.15) is 6.61 Å². The lowest BCUT2D eigenvalue weighted by molar-refractivity contribution is -0.131. The van der Waals surface area contributed by atoms with Crippen LogP contribution in [0.3, 0.4) is 0 Å². The minimum absolute atomic E-state index is 0.303.